The fourth-order valence-electron chi connectivity index (χ4n) is 2.20. The van der Waals surface area contributed by atoms with E-state index in [9.17, 15) is 0 Å². The van der Waals surface area contributed by atoms with Crippen LogP contribution in [0, 0.1) is 0 Å². The van der Waals surface area contributed by atoms with E-state index in [1.165, 1.54) is 0 Å². The summed E-state index contributed by atoms with van der Waals surface area (Å²) in [4.78, 5) is 2.31. The fraction of sp³-hybridized carbons (Fsp3) is 0.733. The summed E-state index contributed by atoms with van der Waals surface area (Å²) >= 11 is 0. The monoisotopic (exact) mass is 266 g/mol. The van der Waals surface area contributed by atoms with Gasteiger partial charge in [-0.05, 0) is 46.4 Å². The second-order valence-electron chi connectivity index (χ2n) is 6.40. The number of nitrogens with one attached hydrogen (secondary N) is 1. The Balaban J connectivity index is 1.83. The molecule has 1 N–H and O–H groups in total. The van der Waals surface area contributed by atoms with Gasteiger partial charge in [-0.15, -0.1) is 0 Å². The van der Waals surface area contributed by atoms with Crippen molar-refractivity contribution in [3.8, 4) is 0 Å². The van der Waals surface area contributed by atoms with E-state index in [1.807, 2.05) is 0 Å². The molecular weight excluding hydrogens is 240 g/mol. The zero-order chi connectivity index (χ0) is 13.9. The van der Waals surface area contributed by atoms with Gasteiger partial charge in [-0.25, -0.2) is 0 Å². The summed E-state index contributed by atoms with van der Waals surface area (Å²) in [5.74, 6) is 2.03. The zero-order valence-electron chi connectivity index (χ0n) is 12.5. The minimum absolute atomic E-state index is 0.116. The van der Waals surface area contributed by atoms with Crippen LogP contribution in [0.15, 0.2) is 16.5 Å². The van der Waals surface area contributed by atoms with Crippen molar-refractivity contribution in [3.63, 3.8) is 0 Å². The standard InChI is InChI=1S/C15H26N2O2/c1-15(2,3)16-9-13-5-6-14(19-13)10-17(4)12-7-8-18-11-12/h5-6,12,16H,7-11H2,1-4H3. The SMILES string of the molecule is CN(Cc1ccc(CNC(C)(C)C)o1)C1CCOC1. The van der Waals surface area contributed by atoms with E-state index >= 15 is 0 Å². The Hall–Kier alpha value is -0.840. The Bertz CT molecular complexity index is 389. The summed E-state index contributed by atoms with van der Waals surface area (Å²) in [5, 5.41) is 3.43. The molecule has 0 spiro atoms. The largest absolute Gasteiger partial charge is 0.463 e. The van der Waals surface area contributed by atoms with Gasteiger partial charge in [0.15, 0.2) is 0 Å². The molecule has 1 fully saturated rings. The van der Waals surface area contributed by atoms with Gasteiger partial charge in [-0.3, -0.25) is 4.90 Å². The van der Waals surface area contributed by atoms with Crippen molar-refractivity contribution < 1.29 is 9.15 Å². The molecule has 4 nitrogen and oxygen atoms in total. The van der Waals surface area contributed by atoms with E-state index < -0.39 is 0 Å². The Morgan fingerprint density at radius 2 is 2.05 bits per heavy atom. The van der Waals surface area contributed by atoms with Crippen LogP contribution in [-0.4, -0.2) is 36.7 Å². The highest BCUT2D eigenvalue weighted by Crippen LogP contribution is 2.16. The lowest BCUT2D eigenvalue weighted by Crippen LogP contribution is -2.34. The van der Waals surface area contributed by atoms with Crippen molar-refractivity contribution in [3.05, 3.63) is 23.7 Å². The zero-order valence-corrected chi connectivity index (χ0v) is 12.5. The summed E-state index contributed by atoms with van der Waals surface area (Å²) in [6, 6.07) is 4.67. The molecule has 19 heavy (non-hydrogen) atoms. The van der Waals surface area contributed by atoms with Crippen molar-refractivity contribution in [1.29, 1.82) is 0 Å². The van der Waals surface area contributed by atoms with Gasteiger partial charge in [0.2, 0.25) is 0 Å². The second-order valence-corrected chi connectivity index (χ2v) is 6.40. The molecule has 0 radical (unpaired) electrons. The molecule has 1 aromatic rings. The van der Waals surface area contributed by atoms with Crippen LogP contribution in [-0.2, 0) is 17.8 Å². The molecule has 1 unspecified atom stereocenters. The number of furan rings is 1. The van der Waals surface area contributed by atoms with Crippen LogP contribution in [0.3, 0.4) is 0 Å². The first kappa shape index (κ1) is 14.6. The maximum atomic E-state index is 5.86. The van der Waals surface area contributed by atoms with Crippen LogP contribution >= 0.6 is 0 Å². The topological polar surface area (TPSA) is 37.6 Å². The normalized spacial score (nSPS) is 20.4. The van der Waals surface area contributed by atoms with Crippen molar-refractivity contribution >= 4 is 0 Å². The number of hydrogen-bond donors (Lipinski definition) is 1. The molecule has 0 bridgehead atoms. The van der Waals surface area contributed by atoms with Crippen molar-refractivity contribution in [2.24, 2.45) is 0 Å². The highest BCUT2D eigenvalue weighted by molar-refractivity contribution is 5.07. The van der Waals surface area contributed by atoms with Crippen molar-refractivity contribution in [2.75, 3.05) is 20.3 Å². The lowest BCUT2D eigenvalue weighted by atomic mass is 10.1. The van der Waals surface area contributed by atoms with Crippen LogP contribution in [0.1, 0.15) is 38.7 Å². The van der Waals surface area contributed by atoms with E-state index in [1.54, 1.807) is 0 Å². The molecule has 4 heteroatoms. The molecule has 1 atom stereocenters. The predicted octanol–water partition coefficient (Wildman–Crippen LogP) is 2.39. The van der Waals surface area contributed by atoms with Crippen LogP contribution in [0.2, 0.25) is 0 Å². The van der Waals surface area contributed by atoms with Crippen LogP contribution in [0.25, 0.3) is 0 Å². The van der Waals surface area contributed by atoms with E-state index in [2.05, 4.69) is 50.2 Å². The van der Waals surface area contributed by atoms with Crippen LogP contribution < -0.4 is 5.32 Å². The molecule has 0 aromatic carbocycles. The number of likely N-dealkylation sites (N-methyl/N-ethyl adjacent to an activating group) is 1. The van der Waals surface area contributed by atoms with Gasteiger partial charge in [0, 0.05) is 18.2 Å². The predicted molar refractivity (Wildman–Crippen MR) is 76.0 cm³/mol. The fourth-order valence-corrected chi connectivity index (χ4v) is 2.20. The highest BCUT2D eigenvalue weighted by Gasteiger charge is 2.21. The summed E-state index contributed by atoms with van der Waals surface area (Å²) in [5.41, 5.74) is 0.116. The average molecular weight is 266 g/mol. The molecule has 1 saturated heterocycles. The number of rotatable bonds is 5. The number of ether oxygens (including phenoxy) is 1. The molecule has 0 saturated carbocycles. The molecule has 0 aliphatic carbocycles. The molecule has 2 rings (SSSR count). The van der Waals surface area contributed by atoms with E-state index in [-0.39, 0.29) is 5.54 Å². The second kappa shape index (κ2) is 6.07. The molecule has 0 amide bonds. The number of hydrogen-bond acceptors (Lipinski definition) is 4. The lowest BCUT2D eigenvalue weighted by Gasteiger charge is -2.21. The summed E-state index contributed by atoms with van der Waals surface area (Å²) in [7, 11) is 2.13. The average Bonchev–Trinajstić information content (AvgIpc) is 2.96. The van der Waals surface area contributed by atoms with Gasteiger partial charge < -0.3 is 14.5 Å². The summed E-state index contributed by atoms with van der Waals surface area (Å²) in [6.45, 7) is 9.83. The van der Waals surface area contributed by atoms with E-state index in [4.69, 9.17) is 9.15 Å². The maximum absolute atomic E-state index is 5.86. The highest BCUT2D eigenvalue weighted by atomic mass is 16.5. The first-order chi connectivity index (χ1) is 8.94. The van der Waals surface area contributed by atoms with Crippen molar-refractivity contribution in [1.82, 2.24) is 10.2 Å². The molecule has 1 aliphatic heterocycles. The maximum Gasteiger partial charge on any atom is 0.118 e. The lowest BCUT2D eigenvalue weighted by molar-refractivity contribution is 0.151. The van der Waals surface area contributed by atoms with Gasteiger partial charge in [-0.1, -0.05) is 0 Å². The Morgan fingerprint density at radius 1 is 1.32 bits per heavy atom. The summed E-state index contributed by atoms with van der Waals surface area (Å²) in [6.07, 6.45) is 1.12. The smallest absolute Gasteiger partial charge is 0.118 e. The minimum atomic E-state index is 0.116. The Morgan fingerprint density at radius 3 is 2.68 bits per heavy atom. The van der Waals surface area contributed by atoms with Crippen molar-refractivity contribution in [2.45, 2.75) is 51.9 Å². The first-order valence-electron chi connectivity index (χ1n) is 7.05. The molecule has 108 valence electrons. The van der Waals surface area contributed by atoms with Gasteiger partial charge in [0.1, 0.15) is 11.5 Å². The van der Waals surface area contributed by atoms with Gasteiger partial charge in [-0.2, -0.15) is 0 Å². The van der Waals surface area contributed by atoms with Gasteiger partial charge >= 0.3 is 0 Å². The third-order valence-electron chi connectivity index (χ3n) is 3.44. The van der Waals surface area contributed by atoms with E-state index in [0.29, 0.717) is 6.04 Å². The van der Waals surface area contributed by atoms with Gasteiger partial charge in [0.05, 0.1) is 19.7 Å². The van der Waals surface area contributed by atoms with Gasteiger partial charge in [0.25, 0.3) is 0 Å². The van der Waals surface area contributed by atoms with Crippen LogP contribution in [0.4, 0.5) is 0 Å². The van der Waals surface area contributed by atoms with Crippen LogP contribution in [0.5, 0.6) is 0 Å². The first-order valence-corrected chi connectivity index (χ1v) is 7.05. The molecule has 2 heterocycles. The summed E-state index contributed by atoms with van der Waals surface area (Å²) < 4.78 is 11.3. The Labute approximate surface area is 116 Å². The molecule has 1 aromatic heterocycles. The Kier molecular flexibility index (Phi) is 4.66. The molecular formula is C15H26N2O2. The number of nitrogens with zero attached hydrogens (tertiary/aromatic N) is 1. The quantitative estimate of drug-likeness (QED) is 0.888. The molecule has 1 aliphatic rings. The third-order valence-corrected chi connectivity index (χ3v) is 3.44. The third kappa shape index (κ3) is 4.64. The minimum Gasteiger partial charge on any atom is -0.463 e. The van der Waals surface area contributed by atoms with E-state index in [0.717, 1.165) is 44.2 Å².